The molecule has 0 saturated carbocycles. The summed E-state index contributed by atoms with van der Waals surface area (Å²) < 4.78 is 0. The minimum atomic E-state index is -0.240. The van der Waals surface area contributed by atoms with Gasteiger partial charge >= 0.3 is 0 Å². The van der Waals surface area contributed by atoms with Crippen LogP contribution in [-0.4, -0.2) is 0 Å². The normalized spacial score (nSPS) is 23.3. The first-order valence-corrected chi connectivity index (χ1v) is 19.8. The highest BCUT2D eigenvalue weighted by Crippen LogP contribution is 2.71. The standard InChI is InChI=1S/C51H43N/c1-50(2)43-22-5-3-4-16-35(43)37-27-25-32(29-45(37)50)52(47-24-10-14-31-13-6-7-15-34(31)47)33-26-28-38-40-19-12-21-42-41-20-11-18-39-36-17-8-9-23-44(36)51(48(39)41,49(40)42)46(38)30-33/h3-4,7-9,12,14-15,17,19-21,23,25-30H,5-6,10-11,13,16,18,22,24H2,1-2H3. The van der Waals surface area contributed by atoms with Crippen molar-refractivity contribution >= 4 is 28.1 Å². The van der Waals surface area contributed by atoms with Crippen LogP contribution in [0.25, 0.3) is 27.8 Å². The van der Waals surface area contributed by atoms with Gasteiger partial charge < -0.3 is 4.90 Å². The lowest BCUT2D eigenvalue weighted by Crippen LogP contribution is -2.26. The minimum Gasteiger partial charge on any atom is -0.314 e. The summed E-state index contributed by atoms with van der Waals surface area (Å²) in [5, 5.41) is 0. The lowest BCUT2D eigenvalue weighted by molar-refractivity contribution is 0.609. The summed E-state index contributed by atoms with van der Waals surface area (Å²) >= 11 is 0. The van der Waals surface area contributed by atoms with Crippen LogP contribution in [0.5, 0.6) is 0 Å². The van der Waals surface area contributed by atoms with Gasteiger partial charge in [-0.15, -0.1) is 0 Å². The fraction of sp³-hybridized carbons (Fsp3) is 0.255. The van der Waals surface area contributed by atoms with Crippen LogP contribution in [0.2, 0.25) is 0 Å². The molecule has 1 nitrogen and oxygen atoms in total. The van der Waals surface area contributed by atoms with Crippen molar-refractivity contribution in [1.82, 2.24) is 0 Å². The quantitative estimate of drug-likeness (QED) is 0.196. The van der Waals surface area contributed by atoms with Crippen molar-refractivity contribution in [3.05, 3.63) is 182 Å². The highest BCUT2D eigenvalue weighted by atomic mass is 15.2. The molecule has 4 aromatic rings. The average molecular weight is 670 g/mol. The SMILES string of the molecule is CC1(C)C2=C(CC=CCC2)c2ccc(N(C3=C4C=CCCC4=CCC3)c3ccc4c(c3)C35C6=C(CCC=C6c6cccc-4c63)c3ccccc35)cc21. The van der Waals surface area contributed by atoms with Gasteiger partial charge in [-0.3, -0.25) is 0 Å². The Morgan fingerprint density at radius 2 is 1.35 bits per heavy atom. The van der Waals surface area contributed by atoms with E-state index in [0.717, 1.165) is 57.8 Å². The Bertz CT molecular complexity index is 2570. The molecule has 0 bridgehead atoms. The van der Waals surface area contributed by atoms with Crippen LogP contribution < -0.4 is 4.90 Å². The van der Waals surface area contributed by atoms with Crippen molar-refractivity contribution in [2.75, 3.05) is 4.90 Å². The number of fused-ring (bicyclic) bond motifs is 8. The fourth-order valence-electron chi connectivity index (χ4n) is 12.0. The average Bonchev–Trinajstić information content (AvgIpc) is 3.74. The van der Waals surface area contributed by atoms with Crippen LogP contribution >= 0.6 is 0 Å². The molecule has 0 fully saturated rings. The van der Waals surface area contributed by atoms with E-state index in [-0.39, 0.29) is 10.8 Å². The van der Waals surface area contributed by atoms with E-state index in [1.165, 1.54) is 83.9 Å². The van der Waals surface area contributed by atoms with E-state index >= 15 is 0 Å². The van der Waals surface area contributed by atoms with Crippen molar-refractivity contribution in [3.8, 4) is 11.1 Å². The summed E-state index contributed by atoms with van der Waals surface area (Å²) in [7, 11) is 0. The summed E-state index contributed by atoms with van der Waals surface area (Å²) in [4.78, 5) is 2.68. The largest absolute Gasteiger partial charge is 0.314 e. The molecule has 0 heterocycles. The molecule has 1 spiro atoms. The maximum absolute atomic E-state index is 2.68. The van der Waals surface area contributed by atoms with Crippen molar-refractivity contribution in [2.24, 2.45) is 0 Å². The summed E-state index contributed by atoms with van der Waals surface area (Å²) in [6, 6.07) is 31.5. The Hall–Kier alpha value is -5.14. The Balaban J connectivity index is 1.11. The number of benzene rings is 4. The molecule has 1 atom stereocenters. The number of allylic oxidation sites excluding steroid dienone is 14. The van der Waals surface area contributed by atoms with Crippen molar-refractivity contribution in [1.29, 1.82) is 0 Å². The first-order chi connectivity index (χ1) is 25.6. The second-order valence-corrected chi connectivity index (χ2v) is 16.7. The van der Waals surface area contributed by atoms with Gasteiger partial charge in [-0.25, -0.2) is 0 Å². The third-order valence-corrected chi connectivity index (χ3v) is 14.0. The van der Waals surface area contributed by atoms with Crippen LogP contribution in [-0.2, 0) is 10.8 Å². The van der Waals surface area contributed by atoms with E-state index < -0.39 is 0 Å². The number of hydrogen-bond donors (Lipinski definition) is 0. The third kappa shape index (κ3) is 3.51. The predicted octanol–water partition coefficient (Wildman–Crippen LogP) is 13.2. The molecule has 8 aliphatic rings. The third-order valence-electron chi connectivity index (χ3n) is 14.0. The van der Waals surface area contributed by atoms with Crippen LogP contribution in [0.15, 0.2) is 143 Å². The molecule has 0 saturated heterocycles. The van der Waals surface area contributed by atoms with Gasteiger partial charge in [0.2, 0.25) is 0 Å². The molecule has 0 N–H and O–H groups in total. The maximum Gasteiger partial charge on any atom is 0.0734 e. The van der Waals surface area contributed by atoms with Gasteiger partial charge in [-0.05, 0) is 166 Å². The van der Waals surface area contributed by atoms with Gasteiger partial charge in [0.25, 0.3) is 0 Å². The monoisotopic (exact) mass is 669 g/mol. The van der Waals surface area contributed by atoms with Gasteiger partial charge in [0.1, 0.15) is 0 Å². The Morgan fingerprint density at radius 3 is 2.27 bits per heavy atom. The lowest BCUT2D eigenvalue weighted by atomic mass is 9.72. The molecule has 1 unspecified atom stereocenters. The summed E-state index contributed by atoms with van der Waals surface area (Å²) in [6.45, 7) is 4.95. The van der Waals surface area contributed by atoms with E-state index in [9.17, 15) is 0 Å². The first kappa shape index (κ1) is 29.4. The van der Waals surface area contributed by atoms with Crippen LogP contribution in [0.4, 0.5) is 11.4 Å². The summed E-state index contributed by atoms with van der Waals surface area (Å²) in [5.74, 6) is 0. The number of nitrogens with zero attached hydrogens (tertiary/aromatic N) is 1. The molecule has 0 radical (unpaired) electrons. The van der Waals surface area contributed by atoms with Crippen LogP contribution in [0, 0.1) is 0 Å². The first-order valence-electron chi connectivity index (χ1n) is 19.8. The fourth-order valence-corrected chi connectivity index (χ4v) is 12.0. The number of hydrogen-bond acceptors (Lipinski definition) is 1. The summed E-state index contributed by atoms with van der Waals surface area (Å²) in [5.41, 5.74) is 27.9. The van der Waals surface area contributed by atoms with E-state index in [0.29, 0.717) is 0 Å². The van der Waals surface area contributed by atoms with Gasteiger partial charge in [0.15, 0.2) is 0 Å². The minimum absolute atomic E-state index is 0.0253. The topological polar surface area (TPSA) is 3.24 Å². The molecule has 0 aromatic heterocycles. The van der Waals surface area contributed by atoms with Gasteiger partial charge in [-0.1, -0.05) is 110 Å². The highest BCUT2D eigenvalue weighted by molar-refractivity contribution is 6.11. The zero-order chi connectivity index (χ0) is 34.3. The molecule has 0 aliphatic heterocycles. The second kappa shape index (κ2) is 10.3. The van der Waals surface area contributed by atoms with Crippen molar-refractivity contribution in [2.45, 2.75) is 82.5 Å². The van der Waals surface area contributed by atoms with Gasteiger partial charge in [-0.2, -0.15) is 0 Å². The maximum atomic E-state index is 2.68. The zero-order valence-electron chi connectivity index (χ0n) is 30.3. The van der Waals surface area contributed by atoms with E-state index in [4.69, 9.17) is 0 Å². The Labute approximate surface area is 307 Å². The lowest BCUT2D eigenvalue weighted by Gasteiger charge is -2.35. The number of anilines is 2. The van der Waals surface area contributed by atoms with Gasteiger partial charge in [0, 0.05) is 22.5 Å². The second-order valence-electron chi connectivity index (χ2n) is 16.7. The molecular formula is C51H43N. The van der Waals surface area contributed by atoms with Crippen LogP contribution in [0.1, 0.15) is 111 Å². The molecule has 12 rings (SSSR count). The van der Waals surface area contributed by atoms with Crippen LogP contribution in [0.3, 0.4) is 0 Å². The van der Waals surface area contributed by atoms with Crippen molar-refractivity contribution < 1.29 is 0 Å². The smallest absolute Gasteiger partial charge is 0.0734 e. The highest BCUT2D eigenvalue weighted by Gasteiger charge is 2.59. The zero-order valence-corrected chi connectivity index (χ0v) is 30.3. The summed E-state index contributed by atoms with van der Waals surface area (Å²) in [6.07, 6.45) is 24.7. The van der Waals surface area contributed by atoms with E-state index in [1.807, 2.05) is 0 Å². The van der Waals surface area contributed by atoms with Crippen molar-refractivity contribution in [3.63, 3.8) is 0 Å². The molecule has 1 heteroatoms. The molecule has 52 heavy (non-hydrogen) atoms. The van der Waals surface area contributed by atoms with E-state index in [2.05, 4.69) is 134 Å². The molecular weight excluding hydrogens is 627 g/mol. The molecule has 4 aromatic carbocycles. The molecule has 8 aliphatic carbocycles. The Morgan fingerprint density at radius 1 is 0.577 bits per heavy atom. The van der Waals surface area contributed by atoms with Gasteiger partial charge in [0.05, 0.1) is 5.41 Å². The number of rotatable bonds is 3. The predicted molar refractivity (Wildman–Crippen MR) is 217 cm³/mol. The molecule has 252 valence electrons. The van der Waals surface area contributed by atoms with E-state index in [1.54, 1.807) is 22.3 Å². The Kier molecular flexibility index (Phi) is 5.81. The molecule has 0 amide bonds.